The van der Waals surface area contributed by atoms with Gasteiger partial charge >= 0.3 is 0 Å². The molecule has 0 bridgehead atoms. The third-order valence-corrected chi connectivity index (χ3v) is 5.86. The SMILES string of the molecule is CC1(c2cnn3c2[nH]c2cc(F)cc(C(N)=O)c23)CCN(C2COC2)C1. The van der Waals surface area contributed by atoms with Gasteiger partial charge in [0.15, 0.2) is 0 Å². The van der Waals surface area contributed by atoms with Gasteiger partial charge in [-0.2, -0.15) is 5.10 Å². The summed E-state index contributed by atoms with van der Waals surface area (Å²) in [5, 5.41) is 4.49. The van der Waals surface area contributed by atoms with Gasteiger partial charge in [-0.1, -0.05) is 6.92 Å². The zero-order valence-electron chi connectivity index (χ0n) is 14.5. The molecule has 2 aliphatic heterocycles. The molecule has 2 fully saturated rings. The number of fused-ring (bicyclic) bond motifs is 3. The van der Waals surface area contributed by atoms with Gasteiger partial charge in [0.25, 0.3) is 5.91 Å². The highest BCUT2D eigenvalue weighted by molar-refractivity contribution is 6.05. The van der Waals surface area contributed by atoms with E-state index in [0.29, 0.717) is 17.1 Å². The van der Waals surface area contributed by atoms with E-state index in [-0.39, 0.29) is 11.0 Å². The van der Waals surface area contributed by atoms with Crippen molar-refractivity contribution in [2.45, 2.75) is 24.8 Å². The van der Waals surface area contributed by atoms with Crippen molar-refractivity contribution in [3.05, 3.63) is 35.3 Å². The summed E-state index contributed by atoms with van der Waals surface area (Å²) >= 11 is 0. The molecule has 2 aliphatic rings. The first-order valence-corrected chi connectivity index (χ1v) is 8.77. The molecular formula is C18H20FN5O2. The first-order chi connectivity index (χ1) is 12.5. The van der Waals surface area contributed by atoms with E-state index in [9.17, 15) is 9.18 Å². The average molecular weight is 357 g/mol. The number of rotatable bonds is 3. The quantitative estimate of drug-likeness (QED) is 0.742. The van der Waals surface area contributed by atoms with Crippen LogP contribution in [-0.4, -0.2) is 57.8 Å². The number of hydrogen-bond acceptors (Lipinski definition) is 4. The summed E-state index contributed by atoms with van der Waals surface area (Å²) in [5.41, 5.74) is 8.42. The van der Waals surface area contributed by atoms with Gasteiger partial charge < -0.3 is 15.5 Å². The number of aromatic nitrogens is 3. The van der Waals surface area contributed by atoms with Gasteiger partial charge in [0.2, 0.25) is 0 Å². The first-order valence-electron chi connectivity index (χ1n) is 8.77. The van der Waals surface area contributed by atoms with Crippen LogP contribution in [0.2, 0.25) is 0 Å². The number of nitrogens with two attached hydrogens (primary N) is 1. The molecular weight excluding hydrogens is 337 g/mol. The highest BCUT2D eigenvalue weighted by atomic mass is 19.1. The van der Waals surface area contributed by atoms with Crippen molar-refractivity contribution >= 4 is 22.6 Å². The number of aromatic amines is 1. The summed E-state index contributed by atoms with van der Waals surface area (Å²) in [6.07, 6.45) is 2.86. The highest BCUT2D eigenvalue weighted by Crippen LogP contribution is 2.38. The minimum absolute atomic E-state index is 0.0658. The minimum Gasteiger partial charge on any atom is -0.378 e. The number of carbonyl (C=O) groups is 1. The molecule has 5 rings (SSSR count). The number of H-pyrrole nitrogens is 1. The monoisotopic (exact) mass is 357 g/mol. The molecule has 1 amide bonds. The van der Waals surface area contributed by atoms with Crippen molar-refractivity contribution in [2.24, 2.45) is 5.73 Å². The molecule has 1 unspecified atom stereocenters. The van der Waals surface area contributed by atoms with Gasteiger partial charge in [0.05, 0.1) is 36.5 Å². The molecule has 3 aromatic rings. The van der Waals surface area contributed by atoms with Crippen LogP contribution in [0, 0.1) is 5.82 Å². The summed E-state index contributed by atoms with van der Waals surface area (Å²) in [6.45, 7) is 5.77. The third-order valence-electron chi connectivity index (χ3n) is 5.86. The number of primary amides is 1. The van der Waals surface area contributed by atoms with Gasteiger partial charge in [-0.05, 0) is 25.1 Å². The number of ether oxygens (including phenoxy) is 1. The largest absolute Gasteiger partial charge is 0.378 e. The number of carbonyl (C=O) groups excluding carboxylic acids is 1. The second-order valence-electron chi connectivity index (χ2n) is 7.63. The van der Waals surface area contributed by atoms with E-state index < -0.39 is 11.7 Å². The Kier molecular flexibility index (Phi) is 3.20. The van der Waals surface area contributed by atoms with E-state index in [1.165, 1.54) is 6.07 Å². The summed E-state index contributed by atoms with van der Waals surface area (Å²) < 4.78 is 20.9. The summed E-state index contributed by atoms with van der Waals surface area (Å²) in [7, 11) is 0. The third kappa shape index (κ3) is 2.12. The van der Waals surface area contributed by atoms with E-state index in [1.54, 1.807) is 4.52 Å². The maximum absolute atomic E-state index is 13.9. The van der Waals surface area contributed by atoms with Crippen molar-refractivity contribution in [2.75, 3.05) is 26.3 Å². The van der Waals surface area contributed by atoms with Gasteiger partial charge in [-0.25, -0.2) is 8.91 Å². The molecule has 8 heteroatoms. The number of likely N-dealkylation sites (tertiary alicyclic amines) is 1. The van der Waals surface area contributed by atoms with Gasteiger partial charge in [-0.3, -0.25) is 9.69 Å². The molecule has 7 nitrogen and oxygen atoms in total. The Labute approximate surface area is 148 Å². The first kappa shape index (κ1) is 15.8. The topological polar surface area (TPSA) is 88.7 Å². The Morgan fingerprint density at radius 2 is 2.27 bits per heavy atom. The molecule has 0 saturated carbocycles. The fourth-order valence-electron chi connectivity index (χ4n) is 4.28. The van der Waals surface area contributed by atoms with Crippen LogP contribution in [0.1, 0.15) is 29.3 Å². The minimum atomic E-state index is -0.671. The van der Waals surface area contributed by atoms with E-state index in [1.807, 2.05) is 6.20 Å². The predicted molar refractivity (Wildman–Crippen MR) is 93.7 cm³/mol. The molecule has 0 spiro atoms. The van der Waals surface area contributed by atoms with Crippen molar-refractivity contribution in [3.8, 4) is 0 Å². The Morgan fingerprint density at radius 1 is 1.46 bits per heavy atom. The molecule has 1 atom stereocenters. The summed E-state index contributed by atoms with van der Waals surface area (Å²) in [5.74, 6) is -1.17. The normalized spacial score (nSPS) is 24.5. The molecule has 0 aliphatic carbocycles. The number of imidazole rings is 1. The molecule has 4 heterocycles. The average Bonchev–Trinajstić information content (AvgIpc) is 3.18. The fourth-order valence-corrected chi connectivity index (χ4v) is 4.28. The molecule has 3 N–H and O–H groups in total. The predicted octanol–water partition coefficient (Wildman–Crippen LogP) is 1.42. The van der Waals surface area contributed by atoms with Gasteiger partial charge in [0, 0.05) is 17.5 Å². The molecule has 2 aromatic heterocycles. The van der Waals surface area contributed by atoms with Crippen LogP contribution in [0.15, 0.2) is 18.3 Å². The van der Waals surface area contributed by atoms with Crippen LogP contribution < -0.4 is 5.73 Å². The van der Waals surface area contributed by atoms with Crippen LogP contribution in [0.3, 0.4) is 0 Å². The maximum atomic E-state index is 13.9. The van der Waals surface area contributed by atoms with Crippen LogP contribution in [0.4, 0.5) is 4.39 Å². The molecule has 136 valence electrons. The number of amides is 1. The zero-order valence-corrected chi connectivity index (χ0v) is 14.5. The number of nitrogens with one attached hydrogen (secondary N) is 1. The van der Waals surface area contributed by atoms with E-state index >= 15 is 0 Å². The van der Waals surface area contributed by atoms with Crippen LogP contribution >= 0.6 is 0 Å². The second-order valence-corrected chi connectivity index (χ2v) is 7.63. The fraction of sp³-hybridized carbons (Fsp3) is 0.444. The van der Waals surface area contributed by atoms with Crippen molar-refractivity contribution in [3.63, 3.8) is 0 Å². The van der Waals surface area contributed by atoms with Gasteiger partial charge in [-0.15, -0.1) is 0 Å². The Hall–Kier alpha value is -2.45. The Balaban J connectivity index is 1.63. The lowest BCUT2D eigenvalue weighted by Crippen LogP contribution is -2.48. The van der Waals surface area contributed by atoms with E-state index in [0.717, 1.165) is 50.0 Å². The second kappa shape index (κ2) is 5.28. The molecule has 2 saturated heterocycles. The van der Waals surface area contributed by atoms with Crippen LogP contribution in [0.25, 0.3) is 16.7 Å². The Bertz CT molecular complexity index is 1040. The standard InChI is InChI=1S/C18H20FN5O2/c1-18(2-3-23(9-18)11-7-26-8-11)13-6-21-24-15-12(16(20)25)4-10(19)5-14(15)22-17(13)24/h4-6,11,22H,2-3,7-9H2,1H3,(H2,20,25). The van der Waals surface area contributed by atoms with Crippen molar-refractivity contribution in [1.82, 2.24) is 19.5 Å². The van der Waals surface area contributed by atoms with Crippen LogP contribution in [0.5, 0.6) is 0 Å². The van der Waals surface area contributed by atoms with Crippen LogP contribution in [-0.2, 0) is 10.2 Å². The number of hydrogen-bond donors (Lipinski definition) is 2. The van der Waals surface area contributed by atoms with Crippen molar-refractivity contribution in [1.29, 1.82) is 0 Å². The number of benzene rings is 1. The summed E-state index contributed by atoms with van der Waals surface area (Å²) in [4.78, 5) is 17.5. The van der Waals surface area contributed by atoms with Crippen molar-refractivity contribution < 1.29 is 13.9 Å². The lowest BCUT2D eigenvalue weighted by molar-refractivity contribution is -0.0584. The molecule has 26 heavy (non-hydrogen) atoms. The Morgan fingerprint density at radius 3 is 2.96 bits per heavy atom. The molecule has 1 aromatic carbocycles. The lowest BCUT2D eigenvalue weighted by Gasteiger charge is -2.35. The smallest absolute Gasteiger partial charge is 0.251 e. The zero-order chi connectivity index (χ0) is 18.1. The lowest BCUT2D eigenvalue weighted by atomic mass is 9.83. The number of halogens is 1. The molecule has 0 radical (unpaired) electrons. The van der Waals surface area contributed by atoms with E-state index in [2.05, 4.69) is 21.9 Å². The summed E-state index contributed by atoms with van der Waals surface area (Å²) in [6, 6.07) is 3.03. The highest BCUT2D eigenvalue weighted by Gasteiger charge is 2.42. The van der Waals surface area contributed by atoms with Gasteiger partial charge in [0.1, 0.15) is 17.0 Å². The number of nitrogens with zero attached hydrogens (tertiary/aromatic N) is 3. The van der Waals surface area contributed by atoms with E-state index in [4.69, 9.17) is 10.5 Å². The maximum Gasteiger partial charge on any atom is 0.251 e.